The Morgan fingerprint density at radius 3 is 2.60 bits per heavy atom. The fourth-order valence-corrected chi connectivity index (χ4v) is 1.93. The molecule has 0 saturated carbocycles. The highest BCUT2D eigenvalue weighted by Crippen LogP contribution is 2.19. The van der Waals surface area contributed by atoms with E-state index in [4.69, 9.17) is 9.84 Å². The maximum Gasteiger partial charge on any atom is 0.308 e. The molecule has 0 heterocycles. The van der Waals surface area contributed by atoms with Gasteiger partial charge >= 0.3 is 5.97 Å². The van der Waals surface area contributed by atoms with Crippen molar-refractivity contribution in [3.05, 3.63) is 29.8 Å². The van der Waals surface area contributed by atoms with Crippen molar-refractivity contribution >= 4 is 11.9 Å². The molecule has 0 aromatic heterocycles. The predicted octanol–water partition coefficient (Wildman–Crippen LogP) is 1.81. The molecule has 0 radical (unpaired) electrons. The first-order valence-corrected chi connectivity index (χ1v) is 6.54. The summed E-state index contributed by atoms with van der Waals surface area (Å²) >= 11 is 0. The topological polar surface area (TPSA) is 66.8 Å². The lowest BCUT2D eigenvalue weighted by Gasteiger charge is -2.19. The van der Waals surface area contributed by atoms with E-state index in [1.54, 1.807) is 21.1 Å². The molecule has 0 bridgehead atoms. The molecule has 0 fully saturated rings. The summed E-state index contributed by atoms with van der Waals surface area (Å²) in [6, 6.07) is 7.56. The molecule has 0 aliphatic carbocycles. The Hall–Kier alpha value is -2.04. The van der Waals surface area contributed by atoms with Crippen LogP contribution in [0.4, 0.5) is 0 Å². The fourth-order valence-electron chi connectivity index (χ4n) is 1.93. The Labute approximate surface area is 119 Å². The number of methoxy groups -OCH3 is 1. The maximum atomic E-state index is 12.0. The number of amides is 1. The highest BCUT2D eigenvalue weighted by Gasteiger charge is 2.17. The molecule has 1 atom stereocenters. The zero-order chi connectivity index (χ0) is 15.1. The summed E-state index contributed by atoms with van der Waals surface area (Å²) in [6.45, 7) is 1.81. The number of carboxylic acids is 1. The van der Waals surface area contributed by atoms with Crippen LogP contribution in [0.3, 0.4) is 0 Å². The molecular formula is C15H21NO4. The second-order valence-electron chi connectivity index (χ2n) is 4.83. The van der Waals surface area contributed by atoms with Crippen molar-refractivity contribution in [1.82, 2.24) is 4.90 Å². The van der Waals surface area contributed by atoms with Crippen LogP contribution in [0.25, 0.3) is 0 Å². The number of carbonyl (C=O) groups excluding carboxylic acids is 1. The summed E-state index contributed by atoms with van der Waals surface area (Å²) < 4.78 is 5.23. The number of aliphatic carboxylic acids is 1. The Balaban J connectivity index is 2.52. The number of carbonyl (C=O) groups is 2. The molecule has 1 amide bonds. The standard InChI is InChI=1S/C15H21NO4/c1-11(15(18)19)10-16(2)14(17)9-8-12-6-4-5-7-13(12)20-3/h4-7,11H,8-10H2,1-3H3,(H,18,19). The van der Waals surface area contributed by atoms with Gasteiger partial charge < -0.3 is 14.7 Å². The van der Waals surface area contributed by atoms with Gasteiger partial charge in [0.25, 0.3) is 0 Å². The van der Waals surface area contributed by atoms with Crippen molar-refractivity contribution in [2.24, 2.45) is 5.92 Å². The number of carboxylic acid groups (broad SMARTS) is 1. The van der Waals surface area contributed by atoms with Crippen LogP contribution in [0.15, 0.2) is 24.3 Å². The molecule has 5 nitrogen and oxygen atoms in total. The average Bonchev–Trinajstić information content (AvgIpc) is 2.44. The van der Waals surface area contributed by atoms with Crippen LogP contribution in [0.5, 0.6) is 5.75 Å². The summed E-state index contributed by atoms with van der Waals surface area (Å²) in [4.78, 5) is 24.2. The van der Waals surface area contributed by atoms with Crippen LogP contribution >= 0.6 is 0 Å². The Bertz CT molecular complexity index is 473. The van der Waals surface area contributed by atoms with Gasteiger partial charge in [0.2, 0.25) is 5.91 Å². The molecule has 110 valence electrons. The zero-order valence-electron chi connectivity index (χ0n) is 12.1. The zero-order valence-corrected chi connectivity index (χ0v) is 12.1. The quantitative estimate of drug-likeness (QED) is 0.826. The van der Waals surface area contributed by atoms with Crippen LogP contribution in [0.2, 0.25) is 0 Å². The predicted molar refractivity (Wildman–Crippen MR) is 75.8 cm³/mol. The van der Waals surface area contributed by atoms with Gasteiger partial charge in [-0.3, -0.25) is 9.59 Å². The van der Waals surface area contributed by atoms with E-state index in [0.29, 0.717) is 12.8 Å². The minimum atomic E-state index is -0.894. The Morgan fingerprint density at radius 2 is 2.00 bits per heavy atom. The van der Waals surface area contributed by atoms with Crippen LogP contribution < -0.4 is 4.74 Å². The molecule has 20 heavy (non-hydrogen) atoms. The molecule has 1 aromatic carbocycles. The average molecular weight is 279 g/mol. The van der Waals surface area contributed by atoms with Gasteiger partial charge in [-0.1, -0.05) is 25.1 Å². The molecule has 0 aliphatic rings. The van der Waals surface area contributed by atoms with Crippen LogP contribution in [-0.2, 0) is 16.0 Å². The first-order valence-electron chi connectivity index (χ1n) is 6.54. The van der Waals surface area contributed by atoms with E-state index >= 15 is 0 Å². The van der Waals surface area contributed by atoms with Crippen LogP contribution in [0.1, 0.15) is 18.9 Å². The summed E-state index contributed by atoms with van der Waals surface area (Å²) in [5.41, 5.74) is 0.975. The molecule has 1 rings (SSSR count). The van der Waals surface area contributed by atoms with Gasteiger partial charge in [-0.15, -0.1) is 0 Å². The first kappa shape index (κ1) is 16.0. The second kappa shape index (κ2) is 7.53. The van der Waals surface area contributed by atoms with E-state index in [2.05, 4.69) is 0 Å². The monoisotopic (exact) mass is 279 g/mol. The van der Waals surface area contributed by atoms with Gasteiger partial charge in [-0.25, -0.2) is 0 Å². The number of para-hydroxylation sites is 1. The number of rotatable bonds is 7. The minimum absolute atomic E-state index is 0.0657. The third-order valence-electron chi connectivity index (χ3n) is 3.20. The molecule has 0 saturated heterocycles. The smallest absolute Gasteiger partial charge is 0.308 e. The highest BCUT2D eigenvalue weighted by atomic mass is 16.5. The largest absolute Gasteiger partial charge is 0.496 e. The van der Waals surface area contributed by atoms with Gasteiger partial charge in [0.05, 0.1) is 13.0 Å². The van der Waals surface area contributed by atoms with Gasteiger partial charge in [-0.2, -0.15) is 0 Å². The lowest BCUT2D eigenvalue weighted by molar-refractivity contribution is -0.142. The van der Waals surface area contributed by atoms with E-state index in [-0.39, 0.29) is 12.5 Å². The lowest BCUT2D eigenvalue weighted by atomic mass is 10.1. The number of benzene rings is 1. The van der Waals surface area contributed by atoms with Crippen molar-refractivity contribution in [3.63, 3.8) is 0 Å². The summed E-state index contributed by atoms with van der Waals surface area (Å²) in [5, 5.41) is 8.83. The number of hydrogen-bond donors (Lipinski definition) is 1. The fraction of sp³-hybridized carbons (Fsp3) is 0.467. The lowest BCUT2D eigenvalue weighted by Crippen LogP contribution is -2.33. The van der Waals surface area contributed by atoms with E-state index in [9.17, 15) is 9.59 Å². The Morgan fingerprint density at radius 1 is 1.35 bits per heavy atom. The van der Waals surface area contributed by atoms with Crippen molar-refractivity contribution < 1.29 is 19.4 Å². The molecule has 5 heteroatoms. The van der Waals surface area contributed by atoms with Crippen LogP contribution in [0, 0.1) is 5.92 Å². The number of hydrogen-bond acceptors (Lipinski definition) is 3. The van der Waals surface area contributed by atoms with E-state index in [1.807, 2.05) is 24.3 Å². The molecule has 0 aliphatic heterocycles. The SMILES string of the molecule is COc1ccccc1CCC(=O)N(C)CC(C)C(=O)O. The number of ether oxygens (including phenoxy) is 1. The molecule has 1 aromatic rings. The third kappa shape index (κ3) is 4.57. The van der Waals surface area contributed by atoms with E-state index in [0.717, 1.165) is 11.3 Å². The normalized spacial score (nSPS) is 11.8. The summed E-state index contributed by atoms with van der Waals surface area (Å²) in [6.07, 6.45) is 0.915. The van der Waals surface area contributed by atoms with Gasteiger partial charge in [0.1, 0.15) is 5.75 Å². The third-order valence-corrected chi connectivity index (χ3v) is 3.20. The van der Waals surface area contributed by atoms with Crippen molar-refractivity contribution in [3.8, 4) is 5.75 Å². The summed E-state index contributed by atoms with van der Waals surface area (Å²) in [5.74, 6) is -0.754. The minimum Gasteiger partial charge on any atom is -0.496 e. The van der Waals surface area contributed by atoms with E-state index < -0.39 is 11.9 Å². The van der Waals surface area contributed by atoms with Gasteiger partial charge in [0.15, 0.2) is 0 Å². The van der Waals surface area contributed by atoms with Crippen LogP contribution in [-0.4, -0.2) is 42.6 Å². The molecule has 0 spiro atoms. The van der Waals surface area contributed by atoms with Crippen molar-refractivity contribution in [2.75, 3.05) is 20.7 Å². The molecular weight excluding hydrogens is 258 g/mol. The number of nitrogens with zero attached hydrogens (tertiary/aromatic N) is 1. The maximum absolute atomic E-state index is 12.0. The number of aryl methyl sites for hydroxylation is 1. The highest BCUT2D eigenvalue weighted by molar-refractivity contribution is 5.77. The summed E-state index contributed by atoms with van der Waals surface area (Å²) in [7, 11) is 3.23. The van der Waals surface area contributed by atoms with Crippen molar-refractivity contribution in [2.45, 2.75) is 19.8 Å². The molecule has 1 unspecified atom stereocenters. The Kier molecular flexibility index (Phi) is 6.03. The first-order chi connectivity index (χ1) is 9.45. The van der Waals surface area contributed by atoms with E-state index in [1.165, 1.54) is 4.90 Å². The van der Waals surface area contributed by atoms with Crippen molar-refractivity contribution in [1.29, 1.82) is 0 Å². The van der Waals surface area contributed by atoms with Gasteiger partial charge in [0, 0.05) is 20.0 Å². The second-order valence-corrected chi connectivity index (χ2v) is 4.83. The van der Waals surface area contributed by atoms with Gasteiger partial charge in [-0.05, 0) is 18.1 Å². The molecule has 1 N–H and O–H groups in total.